The molecule has 2 aromatic carbocycles. The maximum absolute atomic E-state index is 11.1. The first-order valence-corrected chi connectivity index (χ1v) is 6.19. The van der Waals surface area contributed by atoms with Gasteiger partial charge in [-0.15, -0.1) is 4.91 Å². The lowest BCUT2D eigenvalue weighted by Gasteiger charge is -2.08. The zero-order valence-electron chi connectivity index (χ0n) is 10.5. The van der Waals surface area contributed by atoms with E-state index < -0.39 is 0 Å². The highest BCUT2D eigenvalue weighted by atomic mass is 16.3. The molecule has 0 saturated heterocycles. The Balaban J connectivity index is 2.52. The maximum atomic E-state index is 11.1. The number of hydrogen-bond acceptors (Lipinski definition) is 4. The summed E-state index contributed by atoms with van der Waals surface area (Å²) in [4.78, 5) is 15.4. The van der Waals surface area contributed by atoms with Crippen molar-refractivity contribution in [3.8, 4) is 5.75 Å². The normalized spacial score (nSPS) is 11.2. The van der Waals surface area contributed by atoms with E-state index >= 15 is 0 Å². The maximum Gasteiger partial charge on any atom is 0.149 e. The van der Waals surface area contributed by atoms with Gasteiger partial charge in [0.05, 0.1) is 6.33 Å². The van der Waals surface area contributed by atoms with Crippen LogP contribution in [-0.2, 0) is 6.54 Å². The van der Waals surface area contributed by atoms with Crippen LogP contribution < -0.4 is 0 Å². The minimum Gasteiger partial charge on any atom is -0.505 e. The van der Waals surface area contributed by atoms with Crippen molar-refractivity contribution in [1.29, 1.82) is 0 Å². The van der Waals surface area contributed by atoms with Crippen molar-refractivity contribution in [2.24, 2.45) is 5.18 Å². The Labute approximate surface area is 109 Å². The number of nitroso groups, excluding NO2 is 1. The second-order valence-electron chi connectivity index (χ2n) is 4.47. The van der Waals surface area contributed by atoms with Crippen LogP contribution in [-0.4, -0.2) is 14.7 Å². The predicted octanol–water partition coefficient (Wildman–Crippen LogP) is 3.70. The molecule has 0 aliphatic heterocycles. The number of phenolic OH excluding ortho intramolecular Hbond substituents is 1. The molecule has 3 aromatic rings. The summed E-state index contributed by atoms with van der Waals surface area (Å²) in [7, 11) is 0. The summed E-state index contributed by atoms with van der Waals surface area (Å²) < 4.78 is 1.85. The molecule has 0 bridgehead atoms. The van der Waals surface area contributed by atoms with Crippen LogP contribution in [0.25, 0.3) is 21.8 Å². The molecule has 0 aliphatic rings. The third-order valence-electron chi connectivity index (χ3n) is 3.28. The van der Waals surface area contributed by atoms with Gasteiger partial charge in [-0.2, -0.15) is 0 Å². The van der Waals surface area contributed by atoms with Crippen molar-refractivity contribution in [3.63, 3.8) is 0 Å². The number of fused-ring (bicyclic) bond motifs is 2. The van der Waals surface area contributed by atoms with Crippen molar-refractivity contribution in [1.82, 2.24) is 9.55 Å². The Bertz CT molecular complexity index is 777. The number of imidazole rings is 1. The lowest BCUT2D eigenvalue weighted by Crippen LogP contribution is -1.94. The van der Waals surface area contributed by atoms with Gasteiger partial charge in [-0.3, -0.25) is 0 Å². The average molecular weight is 255 g/mol. The number of rotatable bonds is 3. The van der Waals surface area contributed by atoms with E-state index in [0.717, 1.165) is 13.0 Å². The third-order valence-corrected chi connectivity index (χ3v) is 3.28. The molecule has 0 unspecified atom stereocenters. The Morgan fingerprint density at radius 2 is 2.05 bits per heavy atom. The van der Waals surface area contributed by atoms with Crippen LogP contribution in [0, 0.1) is 4.91 Å². The van der Waals surface area contributed by atoms with Crippen LogP contribution in [0.15, 0.2) is 35.8 Å². The van der Waals surface area contributed by atoms with Gasteiger partial charge in [-0.1, -0.05) is 31.2 Å². The topological polar surface area (TPSA) is 67.5 Å². The van der Waals surface area contributed by atoms with Crippen LogP contribution in [0.1, 0.15) is 13.3 Å². The predicted molar refractivity (Wildman–Crippen MR) is 74.6 cm³/mol. The van der Waals surface area contributed by atoms with E-state index in [-0.39, 0.29) is 5.75 Å². The molecule has 5 nitrogen and oxygen atoms in total. The first-order chi connectivity index (χ1) is 9.27. The molecule has 3 rings (SSSR count). The fraction of sp³-hybridized carbons (Fsp3) is 0.214. The summed E-state index contributed by atoms with van der Waals surface area (Å²) >= 11 is 0. The van der Waals surface area contributed by atoms with Crippen molar-refractivity contribution < 1.29 is 5.11 Å². The van der Waals surface area contributed by atoms with Gasteiger partial charge in [-0.05, 0) is 11.6 Å². The fourth-order valence-electron chi connectivity index (χ4n) is 2.46. The molecule has 0 fully saturated rings. The first-order valence-electron chi connectivity index (χ1n) is 6.19. The van der Waals surface area contributed by atoms with E-state index in [1.54, 1.807) is 18.5 Å². The Kier molecular flexibility index (Phi) is 2.67. The highest BCUT2D eigenvalue weighted by Crippen LogP contribution is 2.41. The first kappa shape index (κ1) is 11.6. The molecule has 0 saturated carbocycles. The molecule has 1 N–H and O–H groups in total. The van der Waals surface area contributed by atoms with E-state index in [2.05, 4.69) is 10.2 Å². The number of hydrogen-bond donors (Lipinski definition) is 1. The summed E-state index contributed by atoms with van der Waals surface area (Å²) in [6, 6.07) is 7.18. The van der Waals surface area contributed by atoms with Gasteiger partial charge in [0.2, 0.25) is 0 Å². The largest absolute Gasteiger partial charge is 0.505 e. The summed E-state index contributed by atoms with van der Waals surface area (Å²) in [6.45, 7) is 2.78. The number of aromatic hydroxyl groups is 1. The van der Waals surface area contributed by atoms with E-state index in [1.165, 1.54) is 0 Å². The van der Waals surface area contributed by atoms with E-state index in [4.69, 9.17) is 0 Å². The monoisotopic (exact) mass is 255 g/mol. The zero-order chi connectivity index (χ0) is 13.4. The van der Waals surface area contributed by atoms with Crippen LogP contribution in [0.3, 0.4) is 0 Å². The molecule has 1 aromatic heterocycles. The van der Waals surface area contributed by atoms with E-state index in [0.29, 0.717) is 27.5 Å². The minimum absolute atomic E-state index is 0.156. The summed E-state index contributed by atoms with van der Waals surface area (Å²) in [6.07, 6.45) is 2.56. The molecule has 96 valence electrons. The minimum atomic E-state index is 0.156. The van der Waals surface area contributed by atoms with Crippen LogP contribution in [0.5, 0.6) is 5.75 Å². The van der Waals surface area contributed by atoms with Gasteiger partial charge in [0, 0.05) is 17.3 Å². The molecule has 0 aliphatic carbocycles. The Morgan fingerprint density at radius 3 is 2.74 bits per heavy atom. The number of phenols is 1. The van der Waals surface area contributed by atoms with Gasteiger partial charge >= 0.3 is 0 Å². The highest BCUT2D eigenvalue weighted by molar-refractivity contribution is 6.12. The molecule has 0 spiro atoms. The molecule has 0 atom stereocenters. The van der Waals surface area contributed by atoms with Gasteiger partial charge in [-0.25, -0.2) is 4.98 Å². The SMILES string of the molecule is CCCn1cnc2c(N=O)c3ccccc3c(O)c21. The van der Waals surface area contributed by atoms with Gasteiger partial charge < -0.3 is 9.67 Å². The lowest BCUT2D eigenvalue weighted by atomic mass is 10.1. The third kappa shape index (κ3) is 1.58. The second kappa shape index (κ2) is 4.35. The van der Waals surface area contributed by atoms with Crippen molar-refractivity contribution in [3.05, 3.63) is 35.5 Å². The molecule has 5 heteroatoms. The van der Waals surface area contributed by atoms with Crippen molar-refractivity contribution in [2.75, 3.05) is 0 Å². The number of nitrogens with zero attached hydrogens (tertiary/aromatic N) is 3. The number of aromatic nitrogens is 2. The smallest absolute Gasteiger partial charge is 0.149 e. The van der Waals surface area contributed by atoms with E-state index in [1.807, 2.05) is 23.6 Å². The van der Waals surface area contributed by atoms with Gasteiger partial charge in [0.25, 0.3) is 0 Å². The lowest BCUT2D eigenvalue weighted by molar-refractivity contribution is 0.483. The quantitative estimate of drug-likeness (QED) is 0.725. The van der Waals surface area contributed by atoms with Crippen molar-refractivity contribution >= 4 is 27.5 Å². The molecule has 0 radical (unpaired) electrons. The van der Waals surface area contributed by atoms with Crippen LogP contribution in [0.4, 0.5) is 5.69 Å². The Morgan fingerprint density at radius 1 is 1.32 bits per heavy atom. The summed E-state index contributed by atoms with van der Waals surface area (Å²) in [5, 5.41) is 14.8. The van der Waals surface area contributed by atoms with Gasteiger partial charge in [0.1, 0.15) is 22.5 Å². The summed E-state index contributed by atoms with van der Waals surface area (Å²) in [5.74, 6) is 0.156. The fourth-order valence-corrected chi connectivity index (χ4v) is 2.46. The molecular weight excluding hydrogens is 242 g/mol. The zero-order valence-corrected chi connectivity index (χ0v) is 10.5. The van der Waals surface area contributed by atoms with Crippen LogP contribution in [0.2, 0.25) is 0 Å². The van der Waals surface area contributed by atoms with E-state index in [9.17, 15) is 10.0 Å². The number of aryl methyl sites for hydroxylation is 1. The van der Waals surface area contributed by atoms with Gasteiger partial charge in [0.15, 0.2) is 0 Å². The van der Waals surface area contributed by atoms with Crippen molar-refractivity contribution in [2.45, 2.75) is 19.9 Å². The van der Waals surface area contributed by atoms with Crippen LogP contribution >= 0.6 is 0 Å². The number of benzene rings is 2. The molecular formula is C14H13N3O2. The molecule has 1 heterocycles. The second-order valence-corrected chi connectivity index (χ2v) is 4.47. The molecule has 0 amide bonds. The molecule has 19 heavy (non-hydrogen) atoms. The standard InChI is InChI=1S/C14H13N3O2/c1-2-7-17-8-15-12-11(16-19)9-5-3-4-6-10(9)14(18)13(12)17/h3-6,8,18H,2,7H2,1H3. The Hall–Kier alpha value is -2.43. The average Bonchev–Trinajstić information content (AvgIpc) is 2.84. The highest BCUT2D eigenvalue weighted by Gasteiger charge is 2.18. The summed E-state index contributed by atoms with van der Waals surface area (Å²) in [5.41, 5.74) is 1.33.